The van der Waals surface area contributed by atoms with Crippen LogP contribution in [-0.2, 0) is 99.6 Å². The number of ketones is 4. The Morgan fingerprint density at radius 3 is 0.788 bits per heavy atom. The van der Waals surface area contributed by atoms with Crippen LogP contribution >= 0.6 is 0 Å². The van der Waals surface area contributed by atoms with Gasteiger partial charge in [-0.15, -0.1) is 71.8 Å². The van der Waals surface area contributed by atoms with E-state index in [0.717, 1.165) is 239 Å². The Kier molecular flexibility index (Phi) is 43.5. The number of pyridine rings is 8. The number of carbonyl (C=O) groups is 4. The van der Waals surface area contributed by atoms with E-state index < -0.39 is 0 Å². The first kappa shape index (κ1) is 116. The normalized spacial score (nSPS) is 11.4. The van der Waals surface area contributed by atoms with Crippen molar-refractivity contribution in [3.63, 3.8) is 0 Å². The molecule has 20 nitrogen and oxygen atoms in total. The number of aliphatic hydroxyl groups excluding tert-OH is 4. The Morgan fingerprint density at radius 1 is 0.295 bits per heavy atom. The van der Waals surface area contributed by atoms with E-state index in [2.05, 4.69) is 163 Å². The maximum absolute atomic E-state index is 11.7. The van der Waals surface area contributed by atoms with E-state index in [1.54, 1.807) is 0 Å². The molecule has 24 heteroatoms. The summed E-state index contributed by atoms with van der Waals surface area (Å²) >= 11 is 0. The molecule has 0 aliphatic heterocycles. The Morgan fingerprint density at radius 2 is 0.541 bits per heavy atom. The fourth-order valence-electron chi connectivity index (χ4n) is 17.4. The van der Waals surface area contributed by atoms with E-state index in [4.69, 9.17) is 27.9 Å². The molecule has 0 saturated carbocycles. The second-order valence-electron chi connectivity index (χ2n) is 35.3. The van der Waals surface area contributed by atoms with Gasteiger partial charge in [0.25, 0.3) is 0 Å². The zero-order valence-electron chi connectivity index (χ0n) is 85.2. The molecule has 0 aliphatic carbocycles. The fourth-order valence-corrected chi connectivity index (χ4v) is 17.4. The molecule has 146 heavy (non-hydrogen) atoms. The van der Waals surface area contributed by atoms with E-state index in [0.29, 0.717) is 22.9 Å². The topological polar surface area (TPSA) is 305 Å². The molecule has 0 amide bonds. The third kappa shape index (κ3) is 28.3. The summed E-state index contributed by atoms with van der Waals surface area (Å²) in [4.78, 5) is 80.1. The molecule has 0 unspecified atom stereocenters. The second-order valence-corrected chi connectivity index (χ2v) is 35.3. The number of aryl methyl sites for hydroxylation is 6. The number of carbonyl (C=O) groups excluding carboxylic acids is 4. The van der Waals surface area contributed by atoms with Gasteiger partial charge < -0.3 is 58.0 Å². The van der Waals surface area contributed by atoms with E-state index in [1.165, 1.54) is 52.0 Å². The molecule has 0 spiro atoms. The molecule has 0 bridgehead atoms. The molecule has 0 fully saturated rings. The number of hydrogen-bond donors (Lipinski definition) is 4. The third-order valence-corrected chi connectivity index (χ3v) is 24.8. The molecular weight excluding hydrogens is 2540 g/mol. The molecule has 20 rings (SSSR count). The molecule has 760 valence electrons. The standard InChI is InChI=1S/2C22H15N2O.2C21H13N2O.2C13H24O2.2C5H8O2.4Ir/c2*1-13-11-18-17-8-7-14(2)24-22(17)25-21(18)19(12-13)20-16-6-4-3-5-15(16)9-10-23-20;2*1-13-9-10-17-16-7-4-8-18(20(16)24-21(17)23-13)19-15-6-3-2-5-14(15)11-12-22-19;2*1-5-10(6-2)12(14)9-13(15)11(7-3)8-4;2*1-4(6)3-5(2)7;;;;/h2*3-11H,1-2H3;2*2-7,9-12H,1H3;2*9-11,14H,5-8H2,1-4H3;2*3,6H,1-2H3;;;;/q4*-1;;;;;;;;. The van der Waals surface area contributed by atoms with Crippen molar-refractivity contribution in [2.24, 2.45) is 23.7 Å². The fraction of sp³-hybridized carbons (Fsp3) is 0.246. The number of allylic oxidation sites excluding steroid dienone is 8. The van der Waals surface area contributed by atoms with E-state index in [9.17, 15) is 29.4 Å². The minimum absolute atomic E-state index is 0. The van der Waals surface area contributed by atoms with Crippen molar-refractivity contribution in [3.8, 4) is 45.0 Å². The zero-order chi connectivity index (χ0) is 102. The first-order chi connectivity index (χ1) is 68.5. The van der Waals surface area contributed by atoms with Gasteiger partial charge in [-0.05, 0) is 245 Å². The third-order valence-electron chi connectivity index (χ3n) is 24.8. The number of fused-ring (bicyclic) bond motifs is 16. The molecule has 0 saturated heterocycles. The molecule has 8 aromatic carbocycles. The summed E-state index contributed by atoms with van der Waals surface area (Å²) in [6.45, 7) is 33.8. The van der Waals surface area contributed by atoms with Crippen molar-refractivity contribution in [1.82, 2.24) is 39.9 Å². The number of aromatic nitrogens is 8. The molecule has 12 heterocycles. The van der Waals surface area contributed by atoms with Crippen LogP contribution in [0.5, 0.6) is 0 Å². The Bertz CT molecular complexity index is 7620. The summed E-state index contributed by atoms with van der Waals surface area (Å²) in [5, 5.41) is 53.5. The molecule has 12 aromatic heterocycles. The van der Waals surface area contributed by atoms with Gasteiger partial charge in [0.2, 0.25) is 22.9 Å². The van der Waals surface area contributed by atoms with Crippen LogP contribution in [0, 0.1) is 89.5 Å². The van der Waals surface area contributed by atoms with E-state index in [-0.39, 0.29) is 150 Å². The summed E-state index contributed by atoms with van der Waals surface area (Å²) < 4.78 is 24.5. The largest absolute Gasteiger partial charge is 0.512 e. The number of furan rings is 4. The minimum Gasteiger partial charge on any atom is -0.512 e. The average Bonchev–Trinajstić information content (AvgIpc) is 1.42. The van der Waals surface area contributed by atoms with Gasteiger partial charge in [-0.3, -0.25) is 19.2 Å². The molecular formula is C122H120Ir4N8O12-4. The van der Waals surface area contributed by atoms with Crippen LogP contribution < -0.4 is 0 Å². The van der Waals surface area contributed by atoms with Gasteiger partial charge in [0.05, 0.1) is 45.4 Å². The van der Waals surface area contributed by atoms with Gasteiger partial charge >= 0.3 is 0 Å². The molecule has 20 aromatic rings. The van der Waals surface area contributed by atoms with Crippen LogP contribution in [0.3, 0.4) is 0 Å². The molecule has 4 radical (unpaired) electrons. The van der Waals surface area contributed by atoms with Crippen molar-refractivity contribution >= 4 is 154 Å². The van der Waals surface area contributed by atoms with E-state index in [1.807, 2.05) is 229 Å². The minimum atomic E-state index is -0.125. The van der Waals surface area contributed by atoms with Crippen molar-refractivity contribution in [2.45, 2.75) is 176 Å². The number of rotatable bonds is 20. The number of benzene rings is 8. The predicted molar refractivity (Wildman–Crippen MR) is 575 cm³/mol. The first-order valence-corrected chi connectivity index (χ1v) is 48.4. The van der Waals surface area contributed by atoms with Crippen molar-refractivity contribution in [1.29, 1.82) is 0 Å². The number of hydrogen-bond acceptors (Lipinski definition) is 20. The van der Waals surface area contributed by atoms with Crippen LogP contribution in [0.15, 0.2) is 296 Å². The van der Waals surface area contributed by atoms with Crippen molar-refractivity contribution in [2.75, 3.05) is 0 Å². The van der Waals surface area contributed by atoms with Crippen LogP contribution in [0.25, 0.3) is 176 Å². The maximum Gasteiger partial charge on any atom is 0.216 e. The Hall–Kier alpha value is -13.4. The summed E-state index contributed by atoms with van der Waals surface area (Å²) in [5.74, 6) is 0.970. The zero-order valence-corrected chi connectivity index (χ0v) is 94.8. The number of aliphatic hydroxyl groups is 4. The monoisotopic (exact) mass is 2660 g/mol. The summed E-state index contributed by atoms with van der Waals surface area (Å²) in [6.07, 6.45) is 19.5. The van der Waals surface area contributed by atoms with Gasteiger partial charge in [-0.1, -0.05) is 210 Å². The SMILES string of the molecule is CC(=O)C=C(C)O.CC(=O)C=C(C)O.CCC(CC)C(=O)C=C(O)C(CC)CC.CCC(CC)C(=O)C=C(O)C(CC)CC.Cc1[c-]c(-c2nccc3ccccc23)c2oc3nc(C)ccc3c2c1.Cc1[c-]c(-c2nccc3ccccc23)c2oc3nc(C)ccc3c2c1.Cc1ccc2c(n1)oc1c(-c3nccc4ccccc34)[c-]ccc12.Cc1ccc2c(n1)oc1c(-c3nccc4ccccc34)[c-]ccc12.[Ir].[Ir].[Ir].[Ir]. The molecule has 0 aliphatic rings. The van der Waals surface area contributed by atoms with Gasteiger partial charge in [0.15, 0.2) is 23.1 Å². The van der Waals surface area contributed by atoms with Crippen LogP contribution in [-0.4, -0.2) is 83.4 Å². The quantitative estimate of drug-likeness (QED) is 0.0313. The molecule has 4 N–H and O–H groups in total. The Labute approximate surface area is 905 Å². The summed E-state index contributed by atoms with van der Waals surface area (Å²) in [7, 11) is 0. The number of nitrogens with zero attached hydrogens (tertiary/aromatic N) is 8. The van der Waals surface area contributed by atoms with Crippen molar-refractivity contribution < 1.29 is 138 Å². The average molecular weight is 2660 g/mol. The molecule has 0 atom stereocenters. The van der Waals surface area contributed by atoms with Gasteiger partial charge in [-0.2, -0.15) is 0 Å². The summed E-state index contributed by atoms with van der Waals surface area (Å²) in [5.41, 5.74) is 18.8. The first-order valence-electron chi connectivity index (χ1n) is 48.4. The van der Waals surface area contributed by atoms with Crippen LogP contribution in [0.2, 0.25) is 0 Å². The van der Waals surface area contributed by atoms with Gasteiger partial charge in [-0.25, -0.2) is 19.9 Å². The van der Waals surface area contributed by atoms with Gasteiger partial charge in [0.1, 0.15) is 0 Å². The van der Waals surface area contributed by atoms with E-state index >= 15 is 0 Å². The maximum atomic E-state index is 11.7. The Balaban J connectivity index is 0.000000191. The van der Waals surface area contributed by atoms with Gasteiger partial charge in [0, 0.05) is 198 Å². The van der Waals surface area contributed by atoms with Crippen LogP contribution in [0.4, 0.5) is 0 Å². The predicted octanol–water partition coefficient (Wildman–Crippen LogP) is 31.6. The van der Waals surface area contributed by atoms with Crippen molar-refractivity contribution in [3.05, 3.63) is 337 Å². The summed E-state index contributed by atoms with van der Waals surface area (Å²) in [6, 6.07) is 83.0. The second kappa shape index (κ2) is 54.7. The van der Waals surface area contributed by atoms with Crippen LogP contribution in [0.1, 0.15) is 168 Å². The smallest absolute Gasteiger partial charge is 0.216 e.